The van der Waals surface area contributed by atoms with Gasteiger partial charge in [-0.2, -0.15) is 0 Å². The molecule has 17 heavy (non-hydrogen) atoms. The zero-order chi connectivity index (χ0) is 12.7. The highest BCUT2D eigenvalue weighted by atomic mass is 32.2. The smallest absolute Gasteiger partial charge is 0.328 e. The van der Waals surface area contributed by atoms with Crippen LogP contribution >= 0.6 is 23.1 Å². The van der Waals surface area contributed by atoms with Crippen molar-refractivity contribution >= 4 is 35.0 Å². The number of rotatable bonds is 7. The number of carboxylic acids is 1. The van der Waals surface area contributed by atoms with Crippen LogP contribution in [0, 0.1) is 0 Å². The van der Waals surface area contributed by atoms with Crippen molar-refractivity contribution < 1.29 is 19.8 Å². The minimum atomic E-state index is -1.23. The molecular formula is C10H13NO4S2. The van der Waals surface area contributed by atoms with E-state index in [-0.39, 0.29) is 11.7 Å². The van der Waals surface area contributed by atoms with Gasteiger partial charge in [0.15, 0.2) is 0 Å². The summed E-state index contributed by atoms with van der Waals surface area (Å²) >= 11 is 3.02. The first-order valence-corrected chi connectivity index (χ1v) is 6.90. The highest BCUT2D eigenvalue weighted by Gasteiger charge is 2.18. The quantitative estimate of drug-likeness (QED) is 0.676. The zero-order valence-corrected chi connectivity index (χ0v) is 10.6. The number of amides is 1. The molecule has 1 heterocycles. The molecule has 0 bridgehead atoms. The van der Waals surface area contributed by atoms with Crippen LogP contribution in [0.2, 0.25) is 0 Å². The molecule has 0 fully saturated rings. The number of nitrogens with one attached hydrogen (secondary N) is 1. The van der Waals surface area contributed by atoms with Crippen LogP contribution < -0.4 is 5.32 Å². The number of aliphatic hydroxyl groups excluding tert-OH is 1. The molecule has 1 atom stereocenters. The largest absolute Gasteiger partial charge is 0.480 e. The van der Waals surface area contributed by atoms with Gasteiger partial charge in [0.25, 0.3) is 0 Å². The Morgan fingerprint density at radius 1 is 1.53 bits per heavy atom. The van der Waals surface area contributed by atoms with Gasteiger partial charge >= 0.3 is 5.97 Å². The monoisotopic (exact) mass is 275 g/mol. The molecule has 0 aliphatic heterocycles. The number of hydrogen-bond acceptors (Lipinski definition) is 5. The highest BCUT2D eigenvalue weighted by molar-refractivity contribution is 7.99. The van der Waals surface area contributed by atoms with Crippen molar-refractivity contribution in [2.75, 3.05) is 12.4 Å². The normalized spacial score (nSPS) is 12.1. The first-order valence-electron chi connectivity index (χ1n) is 4.86. The molecule has 0 spiro atoms. The third-order valence-electron chi connectivity index (χ3n) is 1.87. The molecule has 1 aromatic heterocycles. The molecule has 1 aromatic rings. The fraction of sp³-hybridized carbons (Fsp3) is 0.400. The lowest BCUT2D eigenvalue weighted by Gasteiger charge is -2.10. The zero-order valence-electron chi connectivity index (χ0n) is 8.96. The Labute approximate surface area is 107 Å². The molecule has 0 radical (unpaired) electrons. The van der Waals surface area contributed by atoms with E-state index in [1.807, 2.05) is 17.5 Å². The van der Waals surface area contributed by atoms with Crippen LogP contribution in [-0.2, 0) is 15.3 Å². The standard InChI is InChI=1S/C10H13NO4S2/c12-4-8(10(14)15)11-9(13)6-16-5-7-2-1-3-17-7/h1-3,8,12H,4-6H2,(H,11,13)(H,14,15)/t8-/m1/s1. The van der Waals surface area contributed by atoms with Gasteiger partial charge in [0.05, 0.1) is 12.4 Å². The lowest BCUT2D eigenvalue weighted by Crippen LogP contribution is -2.44. The van der Waals surface area contributed by atoms with Crippen LogP contribution in [0.25, 0.3) is 0 Å². The summed E-state index contributed by atoms with van der Waals surface area (Å²) in [7, 11) is 0. The molecule has 0 saturated heterocycles. The van der Waals surface area contributed by atoms with Crippen molar-refractivity contribution in [1.29, 1.82) is 0 Å². The number of aliphatic carboxylic acids is 1. The lowest BCUT2D eigenvalue weighted by molar-refractivity contribution is -0.142. The van der Waals surface area contributed by atoms with Gasteiger partial charge in [-0.15, -0.1) is 23.1 Å². The lowest BCUT2D eigenvalue weighted by atomic mass is 10.3. The van der Waals surface area contributed by atoms with Crippen LogP contribution in [0.4, 0.5) is 0 Å². The van der Waals surface area contributed by atoms with E-state index in [4.69, 9.17) is 10.2 Å². The predicted octanol–water partition coefficient (Wildman–Crippen LogP) is 0.543. The molecule has 94 valence electrons. The molecule has 3 N–H and O–H groups in total. The first kappa shape index (κ1) is 14.0. The molecule has 0 aliphatic rings. The van der Waals surface area contributed by atoms with E-state index in [2.05, 4.69) is 5.32 Å². The van der Waals surface area contributed by atoms with Crippen LogP contribution in [0.3, 0.4) is 0 Å². The second-order valence-electron chi connectivity index (χ2n) is 3.21. The third-order valence-corrected chi connectivity index (χ3v) is 3.91. The highest BCUT2D eigenvalue weighted by Crippen LogP contribution is 2.16. The molecule has 7 heteroatoms. The van der Waals surface area contributed by atoms with Crippen molar-refractivity contribution in [2.45, 2.75) is 11.8 Å². The number of thiophene rings is 1. The second-order valence-corrected chi connectivity index (χ2v) is 5.23. The van der Waals surface area contributed by atoms with Crippen molar-refractivity contribution in [3.05, 3.63) is 22.4 Å². The Kier molecular flexibility index (Phi) is 6.03. The van der Waals surface area contributed by atoms with Crippen LogP contribution in [0.1, 0.15) is 4.88 Å². The van der Waals surface area contributed by atoms with Gasteiger partial charge in [0.2, 0.25) is 5.91 Å². The van der Waals surface area contributed by atoms with E-state index in [0.717, 1.165) is 5.75 Å². The number of carbonyl (C=O) groups excluding carboxylic acids is 1. The van der Waals surface area contributed by atoms with E-state index in [0.29, 0.717) is 0 Å². The van der Waals surface area contributed by atoms with E-state index >= 15 is 0 Å². The van der Waals surface area contributed by atoms with Gasteiger partial charge in [-0.25, -0.2) is 4.79 Å². The topological polar surface area (TPSA) is 86.6 Å². The van der Waals surface area contributed by atoms with Gasteiger partial charge in [-0.1, -0.05) is 6.07 Å². The Hall–Kier alpha value is -1.05. The van der Waals surface area contributed by atoms with Gasteiger partial charge in [0.1, 0.15) is 6.04 Å². The molecule has 0 saturated carbocycles. The summed E-state index contributed by atoms with van der Waals surface area (Å²) in [5, 5.41) is 21.5. The fourth-order valence-corrected chi connectivity index (χ4v) is 2.74. The number of aliphatic hydroxyl groups is 1. The molecule has 0 aromatic carbocycles. The average molecular weight is 275 g/mol. The summed E-state index contributed by atoms with van der Waals surface area (Å²) in [4.78, 5) is 23.1. The Bertz CT molecular complexity index is 366. The molecular weight excluding hydrogens is 262 g/mol. The number of thioether (sulfide) groups is 1. The maximum atomic E-state index is 11.3. The molecule has 0 unspecified atom stereocenters. The van der Waals surface area contributed by atoms with Crippen molar-refractivity contribution in [3.8, 4) is 0 Å². The number of carboxylic acid groups (broad SMARTS) is 1. The average Bonchev–Trinajstić information content (AvgIpc) is 2.78. The third kappa shape index (κ3) is 5.20. The van der Waals surface area contributed by atoms with Crippen LogP contribution in [0.15, 0.2) is 17.5 Å². The molecule has 1 amide bonds. The Morgan fingerprint density at radius 3 is 2.82 bits per heavy atom. The molecule has 5 nitrogen and oxygen atoms in total. The fourth-order valence-electron chi connectivity index (χ4n) is 1.06. The van der Waals surface area contributed by atoms with Crippen LogP contribution in [0.5, 0.6) is 0 Å². The van der Waals surface area contributed by atoms with Gasteiger partial charge in [-0.3, -0.25) is 4.79 Å². The van der Waals surface area contributed by atoms with Crippen LogP contribution in [-0.4, -0.2) is 40.5 Å². The van der Waals surface area contributed by atoms with E-state index in [9.17, 15) is 9.59 Å². The van der Waals surface area contributed by atoms with Gasteiger partial charge in [0, 0.05) is 10.6 Å². The van der Waals surface area contributed by atoms with Crippen molar-refractivity contribution in [2.24, 2.45) is 0 Å². The van der Waals surface area contributed by atoms with Crippen molar-refractivity contribution in [3.63, 3.8) is 0 Å². The van der Waals surface area contributed by atoms with E-state index in [1.165, 1.54) is 16.6 Å². The van der Waals surface area contributed by atoms with E-state index < -0.39 is 18.6 Å². The predicted molar refractivity (Wildman–Crippen MR) is 67.1 cm³/mol. The van der Waals surface area contributed by atoms with E-state index in [1.54, 1.807) is 11.3 Å². The summed E-state index contributed by atoms with van der Waals surface area (Å²) in [5.74, 6) is -0.707. The summed E-state index contributed by atoms with van der Waals surface area (Å²) in [6, 6.07) is 2.70. The summed E-state index contributed by atoms with van der Waals surface area (Å²) in [5.41, 5.74) is 0. The Morgan fingerprint density at radius 2 is 2.29 bits per heavy atom. The van der Waals surface area contributed by atoms with Gasteiger partial charge in [-0.05, 0) is 11.4 Å². The summed E-state index contributed by atoms with van der Waals surface area (Å²) in [6.07, 6.45) is 0. The minimum Gasteiger partial charge on any atom is -0.480 e. The second kappa shape index (κ2) is 7.31. The number of carbonyl (C=O) groups is 2. The maximum absolute atomic E-state index is 11.3. The van der Waals surface area contributed by atoms with Crippen molar-refractivity contribution in [1.82, 2.24) is 5.32 Å². The summed E-state index contributed by atoms with van der Waals surface area (Å²) < 4.78 is 0. The number of hydrogen-bond donors (Lipinski definition) is 3. The van der Waals surface area contributed by atoms with Gasteiger partial charge < -0.3 is 15.5 Å². The SMILES string of the molecule is O=C(CSCc1cccs1)N[C@H](CO)C(=O)O. The first-order chi connectivity index (χ1) is 8.13. The maximum Gasteiger partial charge on any atom is 0.328 e. The minimum absolute atomic E-state index is 0.182. The summed E-state index contributed by atoms with van der Waals surface area (Å²) in [6.45, 7) is -0.601. The molecule has 1 rings (SSSR count). The Balaban J connectivity index is 2.23. The molecule has 0 aliphatic carbocycles.